The van der Waals surface area contributed by atoms with Gasteiger partial charge in [0, 0.05) is 28.9 Å². The minimum Gasteiger partial charge on any atom is -0.464 e. The molecule has 0 bridgehead atoms. The summed E-state index contributed by atoms with van der Waals surface area (Å²) in [6.45, 7) is 0. The number of fused-ring (bicyclic) bond motifs is 1. The van der Waals surface area contributed by atoms with Crippen molar-refractivity contribution in [2.24, 2.45) is 0 Å². The average Bonchev–Trinajstić information content (AvgIpc) is 3.48. The molecule has 35 heavy (non-hydrogen) atoms. The summed E-state index contributed by atoms with van der Waals surface area (Å²) >= 11 is 12.2. The molecule has 0 radical (unpaired) electrons. The molecule has 2 atom stereocenters. The SMILES string of the molecule is COC(=O)c1ccc(-c2cnc([C@@H]3CCC4CC(c5c(N)ccc(Cl)c5F)=CC(=O)N43)[nH]2)c(Cl)n1. The summed E-state index contributed by atoms with van der Waals surface area (Å²) in [4.78, 5) is 38.4. The number of methoxy groups -OCH3 is 1. The summed E-state index contributed by atoms with van der Waals surface area (Å²) < 4.78 is 19.4. The van der Waals surface area contributed by atoms with E-state index in [-0.39, 0.29) is 45.1 Å². The maximum atomic E-state index is 14.7. The van der Waals surface area contributed by atoms with Crippen LogP contribution in [0.2, 0.25) is 10.2 Å². The third-order valence-electron chi connectivity index (χ3n) is 6.40. The smallest absolute Gasteiger partial charge is 0.356 e. The van der Waals surface area contributed by atoms with Crippen molar-refractivity contribution in [2.75, 3.05) is 12.8 Å². The van der Waals surface area contributed by atoms with Crippen molar-refractivity contribution in [3.05, 3.63) is 69.6 Å². The average molecular weight is 516 g/mol. The lowest BCUT2D eigenvalue weighted by Gasteiger charge is -2.33. The van der Waals surface area contributed by atoms with Crippen molar-refractivity contribution in [3.8, 4) is 11.3 Å². The second-order valence-corrected chi connectivity index (χ2v) is 9.17. The summed E-state index contributed by atoms with van der Waals surface area (Å²) in [6.07, 6.45) is 4.91. The number of anilines is 1. The number of hydrogen-bond acceptors (Lipinski definition) is 6. The first-order chi connectivity index (χ1) is 16.8. The van der Waals surface area contributed by atoms with Crippen LogP contribution in [0.1, 0.15) is 47.2 Å². The van der Waals surface area contributed by atoms with Gasteiger partial charge in [0.2, 0.25) is 5.91 Å². The molecule has 0 aliphatic carbocycles. The first-order valence-electron chi connectivity index (χ1n) is 10.8. The molecular weight excluding hydrogens is 496 g/mol. The van der Waals surface area contributed by atoms with Crippen LogP contribution in [0.15, 0.2) is 36.5 Å². The fraction of sp³-hybridized carbons (Fsp3) is 0.250. The van der Waals surface area contributed by atoms with Gasteiger partial charge in [-0.25, -0.2) is 19.2 Å². The Balaban J connectivity index is 1.41. The topological polar surface area (TPSA) is 114 Å². The van der Waals surface area contributed by atoms with Gasteiger partial charge in [-0.2, -0.15) is 0 Å². The van der Waals surface area contributed by atoms with Crippen LogP contribution in [-0.4, -0.2) is 44.9 Å². The molecule has 5 rings (SSSR count). The van der Waals surface area contributed by atoms with E-state index in [0.717, 1.165) is 6.42 Å². The third-order valence-corrected chi connectivity index (χ3v) is 6.98. The van der Waals surface area contributed by atoms with Gasteiger partial charge in [-0.3, -0.25) is 4.79 Å². The quantitative estimate of drug-likeness (QED) is 0.293. The van der Waals surface area contributed by atoms with Gasteiger partial charge in [0.05, 0.1) is 30.1 Å². The van der Waals surface area contributed by atoms with E-state index in [1.54, 1.807) is 17.2 Å². The fourth-order valence-corrected chi connectivity index (χ4v) is 5.20. The number of nitrogen functional groups attached to an aromatic ring is 1. The highest BCUT2D eigenvalue weighted by Gasteiger charge is 2.42. The lowest BCUT2D eigenvalue weighted by Crippen LogP contribution is -2.39. The van der Waals surface area contributed by atoms with E-state index in [9.17, 15) is 14.0 Å². The molecule has 1 unspecified atom stereocenters. The molecule has 2 aromatic heterocycles. The number of halogens is 3. The van der Waals surface area contributed by atoms with E-state index in [1.165, 1.54) is 31.4 Å². The number of nitrogens with zero attached hydrogens (tertiary/aromatic N) is 3. The van der Waals surface area contributed by atoms with E-state index < -0.39 is 11.8 Å². The van der Waals surface area contributed by atoms with Crippen LogP contribution in [-0.2, 0) is 9.53 Å². The third kappa shape index (κ3) is 4.04. The number of amides is 1. The first kappa shape index (κ1) is 23.3. The molecule has 11 heteroatoms. The Hall–Kier alpha value is -3.43. The number of ether oxygens (including phenoxy) is 1. The Morgan fingerprint density at radius 2 is 2.06 bits per heavy atom. The Morgan fingerprint density at radius 1 is 1.26 bits per heavy atom. The standard InChI is InChI=1S/C24H20Cl2FN5O3/c1-35-24(34)16-6-3-13(22(26)30-16)17-10-29-23(31-17)18-7-2-12-8-11(9-19(33)32(12)18)20-15(28)5-4-14(25)21(20)27/h3-6,9-10,12,18H,2,7-8,28H2,1H3,(H,29,31)/t12?,18-/m0/s1. The number of H-pyrrole nitrogens is 1. The summed E-state index contributed by atoms with van der Waals surface area (Å²) in [6, 6.07) is 5.71. The molecule has 3 aromatic rings. The van der Waals surface area contributed by atoms with E-state index >= 15 is 0 Å². The molecule has 1 saturated heterocycles. The van der Waals surface area contributed by atoms with Crippen LogP contribution in [0.5, 0.6) is 0 Å². The minimum absolute atomic E-state index is 0.0369. The van der Waals surface area contributed by atoms with Crippen LogP contribution in [0.4, 0.5) is 10.1 Å². The molecule has 180 valence electrons. The van der Waals surface area contributed by atoms with Crippen LogP contribution in [0, 0.1) is 5.82 Å². The predicted molar refractivity (Wildman–Crippen MR) is 129 cm³/mol. The Morgan fingerprint density at radius 3 is 2.80 bits per heavy atom. The Kier molecular flexibility index (Phi) is 5.98. The van der Waals surface area contributed by atoms with Gasteiger partial charge in [0.25, 0.3) is 0 Å². The summed E-state index contributed by atoms with van der Waals surface area (Å²) in [7, 11) is 1.27. The van der Waals surface area contributed by atoms with Crippen molar-refractivity contribution in [1.29, 1.82) is 0 Å². The molecule has 0 saturated carbocycles. The maximum Gasteiger partial charge on any atom is 0.356 e. The fourth-order valence-electron chi connectivity index (χ4n) is 4.78. The van der Waals surface area contributed by atoms with Crippen LogP contribution >= 0.6 is 23.2 Å². The van der Waals surface area contributed by atoms with Gasteiger partial charge in [0.1, 0.15) is 16.7 Å². The number of pyridine rings is 1. The number of imidazole rings is 1. The molecule has 2 aliphatic heterocycles. The monoisotopic (exact) mass is 515 g/mol. The highest BCUT2D eigenvalue weighted by molar-refractivity contribution is 6.32. The number of nitrogens with one attached hydrogen (secondary N) is 1. The Bertz CT molecular complexity index is 1390. The van der Waals surface area contributed by atoms with Crippen LogP contribution < -0.4 is 5.73 Å². The van der Waals surface area contributed by atoms with Crippen molar-refractivity contribution in [1.82, 2.24) is 19.9 Å². The predicted octanol–water partition coefficient (Wildman–Crippen LogP) is 4.81. The molecule has 2 aliphatic rings. The van der Waals surface area contributed by atoms with Crippen LogP contribution in [0.25, 0.3) is 16.8 Å². The molecule has 1 aromatic carbocycles. The van der Waals surface area contributed by atoms with Gasteiger partial charge in [-0.05, 0) is 49.1 Å². The highest BCUT2D eigenvalue weighted by atomic mass is 35.5. The zero-order valence-electron chi connectivity index (χ0n) is 18.5. The van der Waals surface area contributed by atoms with E-state index in [4.69, 9.17) is 28.9 Å². The number of aromatic amines is 1. The number of aromatic nitrogens is 3. The number of benzene rings is 1. The van der Waals surface area contributed by atoms with Crippen molar-refractivity contribution >= 4 is 46.3 Å². The molecule has 1 fully saturated rings. The zero-order valence-corrected chi connectivity index (χ0v) is 20.0. The Labute approximate surface area is 209 Å². The lowest BCUT2D eigenvalue weighted by molar-refractivity contribution is -0.129. The van der Waals surface area contributed by atoms with Crippen molar-refractivity contribution in [3.63, 3.8) is 0 Å². The number of carbonyl (C=O) groups excluding carboxylic acids is 2. The van der Waals surface area contributed by atoms with Crippen molar-refractivity contribution in [2.45, 2.75) is 31.3 Å². The molecule has 1 amide bonds. The zero-order chi connectivity index (χ0) is 24.9. The normalized spacial score (nSPS) is 19.5. The number of hydrogen-bond donors (Lipinski definition) is 2. The van der Waals surface area contributed by atoms with Gasteiger partial charge < -0.3 is 20.4 Å². The number of nitrogens with two attached hydrogens (primary N) is 1. The molecule has 0 spiro atoms. The number of rotatable bonds is 4. The lowest BCUT2D eigenvalue weighted by atomic mass is 9.92. The van der Waals surface area contributed by atoms with Gasteiger partial charge in [0.15, 0.2) is 5.82 Å². The van der Waals surface area contributed by atoms with Crippen LogP contribution in [0.3, 0.4) is 0 Å². The molecule has 3 N–H and O–H groups in total. The van der Waals surface area contributed by atoms with Gasteiger partial charge in [-0.1, -0.05) is 23.2 Å². The number of carbonyl (C=O) groups is 2. The first-order valence-corrected chi connectivity index (χ1v) is 11.6. The second-order valence-electron chi connectivity index (χ2n) is 8.40. The van der Waals surface area contributed by atoms with Crippen molar-refractivity contribution < 1.29 is 18.7 Å². The minimum atomic E-state index is -0.618. The van der Waals surface area contributed by atoms with E-state index in [1.807, 2.05) is 0 Å². The van der Waals surface area contributed by atoms with Gasteiger partial charge in [-0.15, -0.1) is 0 Å². The maximum absolute atomic E-state index is 14.7. The van der Waals surface area contributed by atoms with E-state index in [0.29, 0.717) is 35.5 Å². The second kappa shape index (κ2) is 8.98. The summed E-state index contributed by atoms with van der Waals surface area (Å²) in [5.74, 6) is -0.837. The van der Waals surface area contributed by atoms with E-state index in [2.05, 4.69) is 19.7 Å². The molecule has 4 heterocycles. The summed E-state index contributed by atoms with van der Waals surface area (Å²) in [5.41, 5.74) is 8.24. The number of esters is 1. The largest absolute Gasteiger partial charge is 0.464 e. The highest BCUT2D eigenvalue weighted by Crippen LogP contribution is 2.44. The molecular formula is C24H20Cl2FN5O3. The summed E-state index contributed by atoms with van der Waals surface area (Å²) in [5, 5.41) is 0.0836. The molecule has 8 nitrogen and oxygen atoms in total. The van der Waals surface area contributed by atoms with Gasteiger partial charge >= 0.3 is 5.97 Å².